The van der Waals surface area contributed by atoms with Gasteiger partial charge in [0.25, 0.3) is 0 Å². The quantitative estimate of drug-likeness (QED) is 0.916. The van der Waals surface area contributed by atoms with E-state index in [1.165, 1.54) is 4.57 Å². The second kappa shape index (κ2) is 5.24. The predicted molar refractivity (Wildman–Crippen MR) is 78.7 cm³/mol. The van der Waals surface area contributed by atoms with Crippen LogP contribution < -0.4 is 5.69 Å². The number of rotatable bonds is 5. The van der Waals surface area contributed by atoms with Gasteiger partial charge in [0, 0.05) is 19.4 Å². The number of carboxylic acids is 1. The SMILES string of the molecule is Cn1ccn(-c2ccc(C(CC(=O)O)C3CC3)cc2)c1=O. The van der Waals surface area contributed by atoms with Gasteiger partial charge < -0.3 is 9.67 Å². The predicted octanol–water partition coefficient (Wildman–Crippen LogP) is 2.14. The van der Waals surface area contributed by atoms with Gasteiger partial charge in [-0.1, -0.05) is 12.1 Å². The molecule has 0 aliphatic heterocycles. The highest BCUT2D eigenvalue weighted by atomic mass is 16.4. The van der Waals surface area contributed by atoms with Gasteiger partial charge in [-0.3, -0.25) is 9.36 Å². The zero-order valence-electron chi connectivity index (χ0n) is 11.9. The van der Waals surface area contributed by atoms with Crippen molar-refractivity contribution in [2.24, 2.45) is 13.0 Å². The number of hydrogen-bond acceptors (Lipinski definition) is 2. The number of imidazole rings is 1. The fourth-order valence-corrected chi connectivity index (χ4v) is 2.79. The minimum atomic E-state index is -0.754. The van der Waals surface area contributed by atoms with E-state index in [1.54, 1.807) is 24.0 Å². The summed E-state index contributed by atoms with van der Waals surface area (Å²) in [6, 6.07) is 7.66. The summed E-state index contributed by atoms with van der Waals surface area (Å²) in [5, 5.41) is 9.05. The molecule has 0 bridgehead atoms. The minimum absolute atomic E-state index is 0.0871. The van der Waals surface area contributed by atoms with E-state index in [0.717, 1.165) is 24.1 Å². The summed E-state index contributed by atoms with van der Waals surface area (Å²) in [7, 11) is 1.71. The number of carbonyl (C=O) groups is 1. The van der Waals surface area contributed by atoms with Gasteiger partial charge in [-0.2, -0.15) is 0 Å². The minimum Gasteiger partial charge on any atom is -0.481 e. The molecule has 1 N–H and O–H groups in total. The van der Waals surface area contributed by atoms with Gasteiger partial charge in [-0.15, -0.1) is 0 Å². The average molecular weight is 286 g/mol. The maximum atomic E-state index is 11.9. The largest absolute Gasteiger partial charge is 0.481 e. The van der Waals surface area contributed by atoms with Crippen molar-refractivity contribution in [2.75, 3.05) is 0 Å². The Morgan fingerprint density at radius 2 is 1.95 bits per heavy atom. The van der Waals surface area contributed by atoms with E-state index >= 15 is 0 Å². The summed E-state index contributed by atoms with van der Waals surface area (Å²) in [6.45, 7) is 0. The molecule has 2 aromatic rings. The lowest BCUT2D eigenvalue weighted by Gasteiger charge is -2.15. The van der Waals surface area contributed by atoms with Gasteiger partial charge in [-0.25, -0.2) is 4.79 Å². The average Bonchev–Trinajstić information content (AvgIpc) is 3.24. The van der Waals surface area contributed by atoms with Crippen molar-refractivity contribution < 1.29 is 9.90 Å². The van der Waals surface area contributed by atoms with Gasteiger partial charge in [0.1, 0.15) is 0 Å². The first kappa shape index (κ1) is 13.7. The number of aliphatic carboxylic acids is 1. The molecule has 1 fully saturated rings. The van der Waals surface area contributed by atoms with Crippen LogP contribution in [0.15, 0.2) is 41.5 Å². The van der Waals surface area contributed by atoms with E-state index in [2.05, 4.69) is 0 Å². The van der Waals surface area contributed by atoms with Gasteiger partial charge in [0.2, 0.25) is 0 Å². The summed E-state index contributed by atoms with van der Waals surface area (Å²) in [6.07, 6.45) is 5.84. The molecule has 1 saturated carbocycles. The van der Waals surface area contributed by atoms with Gasteiger partial charge >= 0.3 is 11.7 Å². The molecular weight excluding hydrogens is 268 g/mol. The van der Waals surface area contributed by atoms with Crippen molar-refractivity contribution in [1.82, 2.24) is 9.13 Å². The monoisotopic (exact) mass is 286 g/mol. The van der Waals surface area contributed by atoms with Crippen molar-refractivity contribution >= 4 is 5.97 Å². The fourth-order valence-electron chi connectivity index (χ4n) is 2.79. The first-order chi connectivity index (χ1) is 10.1. The normalized spacial score (nSPS) is 15.9. The van der Waals surface area contributed by atoms with Crippen LogP contribution in [0.5, 0.6) is 0 Å². The zero-order chi connectivity index (χ0) is 15.0. The third-order valence-corrected chi connectivity index (χ3v) is 4.13. The molecule has 0 radical (unpaired) electrons. The lowest BCUT2D eigenvalue weighted by Crippen LogP contribution is -2.20. The summed E-state index contributed by atoms with van der Waals surface area (Å²) in [4.78, 5) is 22.9. The highest BCUT2D eigenvalue weighted by Gasteiger charge is 2.33. The van der Waals surface area contributed by atoms with Crippen molar-refractivity contribution in [1.29, 1.82) is 0 Å². The smallest absolute Gasteiger partial charge is 0.332 e. The maximum absolute atomic E-state index is 11.9. The summed E-state index contributed by atoms with van der Waals surface area (Å²) in [5.41, 5.74) is 1.76. The highest BCUT2D eigenvalue weighted by Crippen LogP contribution is 2.44. The van der Waals surface area contributed by atoms with Crippen molar-refractivity contribution in [2.45, 2.75) is 25.2 Å². The van der Waals surface area contributed by atoms with E-state index in [4.69, 9.17) is 5.11 Å². The molecule has 0 saturated heterocycles. The molecule has 0 spiro atoms. The molecular formula is C16H18N2O3. The van der Waals surface area contributed by atoms with Crippen LogP contribution in [0.25, 0.3) is 5.69 Å². The number of aryl methyl sites for hydroxylation is 1. The second-order valence-electron chi connectivity index (χ2n) is 5.69. The lowest BCUT2D eigenvalue weighted by atomic mass is 9.91. The van der Waals surface area contributed by atoms with Crippen LogP contribution in [-0.2, 0) is 11.8 Å². The Hall–Kier alpha value is -2.30. The van der Waals surface area contributed by atoms with Crippen LogP contribution >= 0.6 is 0 Å². The lowest BCUT2D eigenvalue weighted by molar-refractivity contribution is -0.137. The van der Waals surface area contributed by atoms with Crippen LogP contribution in [0, 0.1) is 5.92 Å². The first-order valence-corrected chi connectivity index (χ1v) is 7.12. The molecule has 1 aromatic heterocycles. The summed E-state index contributed by atoms with van der Waals surface area (Å²) in [5.74, 6) is -0.175. The van der Waals surface area contributed by atoms with Crippen molar-refractivity contribution in [3.63, 3.8) is 0 Å². The Morgan fingerprint density at radius 3 is 2.43 bits per heavy atom. The number of hydrogen-bond donors (Lipinski definition) is 1. The van der Waals surface area contributed by atoms with Crippen LogP contribution in [0.1, 0.15) is 30.7 Å². The molecule has 1 aliphatic carbocycles. The molecule has 1 heterocycles. The number of nitrogens with zero attached hydrogens (tertiary/aromatic N) is 2. The summed E-state index contributed by atoms with van der Waals surface area (Å²) < 4.78 is 3.10. The van der Waals surface area contributed by atoms with E-state index in [9.17, 15) is 9.59 Å². The molecule has 5 heteroatoms. The number of benzene rings is 1. The molecule has 5 nitrogen and oxygen atoms in total. The van der Waals surface area contributed by atoms with E-state index < -0.39 is 5.97 Å². The summed E-state index contributed by atoms with van der Waals surface area (Å²) >= 11 is 0. The third-order valence-electron chi connectivity index (χ3n) is 4.13. The van der Waals surface area contributed by atoms with Crippen LogP contribution in [-0.4, -0.2) is 20.2 Å². The fraction of sp³-hybridized carbons (Fsp3) is 0.375. The molecule has 110 valence electrons. The van der Waals surface area contributed by atoms with Crippen LogP contribution in [0.4, 0.5) is 0 Å². The van der Waals surface area contributed by atoms with Gasteiger partial charge in [0.15, 0.2) is 0 Å². The second-order valence-corrected chi connectivity index (χ2v) is 5.69. The van der Waals surface area contributed by atoms with Crippen LogP contribution in [0.3, 0.4) is 0 Å². The van der Waals surface area contributed by atoms with Gasteiger partial charge in [-0.05, 0) is 42.4 Å². The number of aromatic nitrogens is 2. The molecule has 1 aliphatic rings. The Kier molecular flexibility index (Phi) is 3.41. The Balaban J connectivity index is 1.87. The molecule has 1 atom stereocenters. The molecule has 21 heavy (non-hydrogen) atoms. The van der Waals surface area contributed by atoms with Crippen molar-refractivity contribution in [3.05, 3.63) is 52.7 Å². The Labute approximate surface area is 122 Å². The molecule has 3 rings (SSSR count). The highest BCUT2D eigenvalue weighted by molar-refractivity contribution is 5.68. The molecule has 1 unspecified atom stereocenters. The van der Waals surface area contributed by atoms with E-state index in [0.29, 0.717) is 5.92 Å². The van der Waals surface area contributed by atoms with E-state index in [1.807, 2.05) is 24.3 Å². The maximum Gasteiger partial charge on any atom is 0.332 e. The number of carboxylic acid groups (broad SMARTS) is 1. The molecule has 0 amide bonds. The zero-order valence-corrected chi connectivity index (χ0v) is 11.9. The topological polar surface area (TPSA) is 64.2 Å². The standard InChI is InChI=1S/C16H18N2O3/c1-17-8-9-18(16(17)21)13-6-4-12(5-7-13)14(10-15(19)20)11-2-3-11/h4-9,11,14H,2-3,10H2,1H3,(H,19,20). The Morgan fingerprint density at radius 1 is 1.29 bits per heavy atom. The van der Waals surface area contributed by atoms with Crippen LogP contribution in [0.2, 0.25) is 0 Å². The Bertz CT molecular complexity index is 708. The third kappa shape index (κ3) is 2.77. The van der Waals surface area contributed by atoms with E-state index in [-0.39, 0.29) is 18.0 Å². The molecule has 1 aromatic carbocycles. The first-order valence-electron chi connectivity index (χ1n) is 7.12. The van der Waals surface area contributed by atoms with Gasteiger partial charge in [0.05, 0.1) is 12.1 Å². The van der Waals surface area contributed by atoms with Crippen molar-refractivity contribution in [3.8, 4) is 5.69 Å².